The predicted molar refractivity (Wildman–Crippen MR) is 63.1 cm³/mol. The van der Waals surface area contributed by atoms with E-state index in [9.17, 15) is 5.11 Å². The van der Waals surface area contributed by atoms with Crippen molar-refractivity contribution in [2.24, 2.45) is 12.8 Å². The Bertz CT molecular complexity index is 491. The van der Waals surface area contributed by atoms with Gasteiger partial charge in [0.25, 0.3) is 0 Å². The van der Waals surface area contributed by atoms with Gasteiger partial charge in [-0.3, -0.25) is 4.68 Å². The van der Waals surface area contributed by atoms with Crippen LogP contribution < -0.4 is 5.73 Å². The monoisotopic (exact) mass is 217 g/mol. The summed E-state index contributed by atoms with van der Waals surface area (Å²) in [5.41, 5.74) is 8.67. The second kappa shape index (κ2) is 4.37. The molecule has 0 unspecified atom stereocenters. The van der Waals surface area contributed by atoms with Crippen LogP contribution in [0.5, 0.6) is 5.75 Å². The van der Waals surface area contributed by atoms with Crippen LogP contribution in [0.15, 0.2) is 30.5 Å². The second-order valence-electron chi connectivity index (χ2n) is 3.72. The lowest BCUT2D eigenvalue weighted by molar-refractivity contribution is 0.475. The number of rotatable bonds is 3. The zero-order valence-corrected chi connectivity index (χ0v) is 9.22. The van der Waals surface area contributed by atoms with Crippen LogP contribution in [0.3, 0.4) is 0 Å². The van der Waals surface area contributed by atoms with E-state index in [4.69, 9.17) is 5.73 Å². The fourth-order valence-corrected chi connectivity index (χ4v) is 1.81. The highest BCUT2D eigenvalue weighted by Crippen LogP contribution is 2.26. The minimum atomic E-state index is 0.264. The molecule has 1 aromatic carbocycles. The lowest BCUT2D eigenvalue weighted by Crippen LogP contribution is -2.08. The summed E-state index contributed by atoms with van der Waals surface area (Å²) < 4.78 is 1.83. The van der Waals surface area contributed by atoms with Crippen LogP contribution in [0.4, 0.5) is 0 Å². The van der Waals surface area contributed by atoms with Crippen molar-refractivity contribution in [2.75, 3.05) is 6.54 Å². The summed E-state index contributed by atoms with van der Waals surface area (Å²) in [6.45, 7) is 0.589. The van der Waals surface area contributed by atoms with Gasteiger partial charge in [0, 0.05) is 24.7 Å². The zero-order chi connectivity index (χ0) is 11.5. The molecule has 3 N–H and O–H groups in total. The average Bonchev–Trinajstić information content (AvgIpc) is 2.61. The van der Waals surface area contributed by atoms with E-state index in [2.05, 4.69) is 5.10 Å². The number of nitrogens with two attached hydrogens (primary N) is 1. The van der Waals surface area contributed by atoms with E-state index in [-0.39, 0.29) is 5.75 Å². The Balaban J connectivity index is 2.47. The highest BCUT2D eigenvalue weighted by atomic mass is 16.3. The van der Waals surface area contributed by atoms with Crippen molar-refractivity contribution in [3.63, 3.8) is 0 Å². The molecule has 16 heavy (non-hydrogen) atoms. The number of phenolic OH excluding ortho intramolecular Hbond substituents is 1. The summed E-state index contributed by atoms with van der Waals surface area (Å²) in [7, 11) is 1.90. The Morgan fingerprint density at radius 1 is 1.44 bits per heavy atom. The first-order valence-electron chi connectivity index (χ1n) is 5.22. The number of hydrogen-bond donors (Lipinski definition) is 2. The van der Waals surface area contributed by atoms with E-state index in [0.29, 0.717) is 6.54 Å². The van der Waals surface area contributed by atoms with Crippen molar-refractivity contribution < 1.29 is 5.11 Å². The molecule has 0 aliphatic heterocycles. The zero-order valence-electron chi connectivity index (χ0n) is 9.22. The molecule has 0 fully saturated rings. The van der Waals surface area contributed by atoms with E-state index in [0.717, 1.165) is 23.2 Å². The molecule has 1 heterocycles. The fraction of sp³-hybridized carbons (Fsp3) is 0.250. The molecular formula is C12H15N3O. The van der Waals surface area contributed by atoms with E-state index >= 15 is 0 Å². The lowest BCUT2D eigenvalue weighted by Gasteiger charge is -2.05. The molecule has 0 radical (unpaired) electrons. The Morgan fingerprint density at radius 2 is 2.25 bits per heavy atom. The molecule has 1 aromatic heterocycles. The number of aryl methyl sites for hydroxylation is 1. The van der Waals surface area contributed by atoms with Crippen LogP contribution >= 0.6 is 0 Å². The molecule has 2 rings (SSSR count). The van der Waals surface area contributed by atoms with Gasteiger partial charge in [0.1, 0.15) is 5.75 Å². The minimum Gasteiger partial charge on any atom is -0.508 e. The van der Waals surface area contributed by atoms with E-state index < -0.39 is 0 Å². The third-order valence-corrected chi connectivity index (χ3v) is 2.60. The van der Waals surface area contributed by atoms with Crippen molar-refractivity contribution in [2.45, 2.75) is 6.42 Å². The molecule has 4 nitrogen and oxygen atoms in total. The van der Waals surface area contributed by atoms with Crippen molar-refractivity contribution >= 4 is 0 Å². The molecule has 84 valence electrons. The molecule has 0 spiro atoms. The summed E-state index contributed by atoms with van der Waals surface area (Å²) in [5.74, 6) is 0.264. The molecule has 0 amide bonds. The summed E-state index contributed by atoms with van der Waals surface area (Å²) in [6.07, 6.45) is 2.58. The predicted octanol–water partition coefficient (Wildman–Crippen LogP) is 1.29. The Hall–Kier alpha value is -1.81. The summed E-state index contributed by atoms with van der Waals surface area (Å²) in [5, 5.41) is 13.7. The summed E-state index contributed by atoms with van der Waals surface area (Å²) in [4.78, 5) is 0. The molecule has 0 atom stereocenters. The molecule has 2 aromatic rings. The maximum atomic E-state index is 9.45. The molecule has 0 saturated carbocycles. The number of aromatic nitrogens is 2. The van der Waals surface area contributed by atoms with Gasteiger partial charge in [-0.1, -0.05) is 12.1 Å². The highest BCUT2D eigenvalue weighted by molar-refractivity contribution is 5.66. The SMILES string of the molecule is Cn1ncc(-c2cccc(O)c2)c1CCN. The first-order chi connectivity index (χ1) is 7.72. The maximum absolute atomic E-state index is 9.45. The molecule has 0 saturated heterocycles. The van der Waals surface area contributed by atoms with Gasteiger partial charge < -0.3 is 10.8 Å². The van der Waals surface area contributed by atoms with Crippen LogP contribution in [-0.2, 0) is 13.5 Å². The minimum absolute atomic E-state index is 0.264. The Kier molecular flexibility index (Phi) is 2.92. The van der Waals surface area contributed by atoms with Gasteiger partial charge in [0.2, 0.25) is 0 Å². The molecule has 4 heteroatoms. The molecule has 0 aliphatic carbocycles. The average molecular weight is 217 g/mol. The Labute approximate surface area is 94.3 Å². The van der Waals surface area contributed by atoms with Crippen LogP contribution in [0.25, 0.3) is 11.1 Å². The largest absolute Gasteiger partial charge is 0.508 e. The smallest absolute Gasteiger partial charge is 0.116 e. The Morgan fingerprint density at radius 3 is 2.94 bits per heavy atom. The van der Waals surface area contributed by atoms with Gasteiger partial charge in [0.15, 0.2) is 0 Å². The van der Waals surface area contributed by atoms with Crippen LogP contribution in [0.2, 0.25) is 0 Å². The van der Waals surface area contributed by atoms with E-state index in [1.165, 1.54) is 0 Å². The van der Waals surface area contributed by atoms with E-state index in [1.807, 2.05) is 23.9 Å². The van der Waals surface area contributed by atoms with Gasteiger partial charge in [-0.25, -0.2) is 0 Å². The third-order valence-electron chi connectivity index (χ3n) is 2.60. The topological polar surface area (TPSA) is 64.1 Å². The fourth-order valence-electron chi connectivity index (χ4n) is 1.81. The third kappa shape index (κ3) is 1.92. The van der Waals surface area contributed by atoms with Crippen LogP contribution in [-0.4, -0.2) is 21.4 Å². The van der Waals surface area contributed by atoms with Gasteiger partial charge >= 0.3 is 0 Å². The van der Waals surface area contributed by atoms with Crippen LogP contribution in [0.1, 0.15) is 5.69 Å². The first-order valence-corrected chi connectivity index (χ1v) is 5.22. The van der Waals surface area contributed by atoms with Gasteiger partial charge in [-0.15, -0.1) is 0 Å². The van der Waals surface area contributed by atoms with Gasteiger partial charge in [-0.05, 0) is 24.2 Å². The molecule has 0 aliphatic rings. The quantitative estimate of drug-likeness (QED) is 0.814. The number of nitrogens with zero attached hydrogens (tertiary/aromatic N) is 2. The molecule has 0 bridgehead atoms. The summed E-state index contributed by atoms with van der Waals surface area (Å²) >= 11 is 0. The summed E-state index contributed by atoms with van der Waals surface area (Å²) in [6, 6.07) is 7.17. The number of phenols is 1. The van der Waals surface area contributed by atoms with Crippen LogP contribution in [0, 0.1) is 0 Å². The van der Waals surface area contributed by atoms with Gasteiger partial charge in [-0.2, -0.15) is 5.10 Å². The highest BCUT2D eigenvalue weighted by Gasteiger charge is 2.09. The van der Waals surface area contributed by atoms with Crippen molar-refractivity contribution in [3.05, 3.63) is 36.2 Å². The molecular weight excluding hydrogens is 202 g/mol. The standard InChI is InChI=1S/C12H15N3O/c1-15-12(5-6-13)11(8-14-15)9-3-2-4-10(16)7-9/h2-4,7-8,16H,5-6,13H2,1H3. The van der Waals surface area contributed by atoms with Crippen molar-refractivity contribution in [1.29, 1.82) is 0 Å². The second-order valence-corrected chi connectivity index (χ2v) is 3.72. The normalized spacial score (nSPS) is 10.6. The van der Waals surface area contributed by atoms with E-state index in [1.54, 1.807) is 18.3 Å². The van der Waals surface area contributed by atoms with Crippen molar-refractivity contribution in [1.82, 2.24) is 9.78 Å². The lowest BCUT2D eigenvalue weighted by atomic mass is 10.0. The first kappa shape index (κ1) is 10.7. The number of hydrogen-bond acceptors (Lipinski definition) is 3. The number of benzene rings is 1. The van der Waals surface area contributed by atoms with Crippen molar-refractivity contribution in [3.8, 4) is 16.9 Å². The van der Waals surface area contributed by atoms with Gasteiger partial charge in [0.05, 0.1) is 6.20 Å². The number of aromatic hydroxyl groups is 1. The maximum Gasteiger partial charge on any atom is 0.116 e.